The fraction of sp³-hybridized carbons (Fsp3) is 0. The number of carbonyl (C=O) groups excluding carboxylic acids is 1. The summed E-state index contributed by atoms with van der Waals surface area (Å²) >= 11 is 3.78. The van der Waals surface area contributed by atoms with Crippen molar-refractivity contribution in [1.29, 1.82) is 0 Å². The summed E-state index contributed by atoms with van der Waals surface area (Å²) in [5.74, 6) is -1.08. The average molecular weight is 208 g/mol. The highest BCUT2D eigenvalue weighted by Gasteiger charge is 2.00. The molecule has 72 valence electrons. The molecule has 0 aromatic heterocycles. The SMILES string of the molecule is O=Cc1ccc(/C=C(\S)C(=O)O)cc1. The third-order valence-electron chi connectivity index (χ3n) is 1.60. The Morgan fingerprint density at radius 2 is 1.71 bits per heavy atom. The maximum Gasteiger partial charge on any atom is 0.341 e. The quantitative estimate of drug-likeness (QED) is 0.453. The molecule has 0 fully saturated rings. The average Bonchev–Trinajstić information content (AvgIpc) is 2.19. The molecule has 0 saturated carbocycles. The van der Waals surface area contributed by atoms with Gasteiger partial charge in [-0.1, -0.05) is 24.3 Å². The smallest absolute Gasteiger partial charge is 0.341 e. The molecule has 1 aromatic rings. The van der Waals surface area contributed by atoms with Gasteiger partial charge in [-0.3, -0.25) is 4.79 Å². The summed E-state index contributed by atoms with van der Waals surface area (Å²) in [5.41, 5.74) is 1.25. The summed E-state index contributed by atoms with van der Waals surface area (Å²) in [7, 11) is 0. The molecule has 0 bridgehead atoms. The summed E-state index contributed by atoms with van der Waals surface area (Å²) in [6.07, 6.45) is 2.15. The van der Waals surface area contributed by atoms with E-state index in [1.165, 1.54) is 6.08 Å². The third kappa shape index (κ3) is 2.74. The molecule has 1 N–H and O–H groups in total. The zero-order chi connectivity index (χ0) is 10.6. The number of hydrogen-bond donors (Lipinski definition) is 2. The lowest BCUT2D eigenvalue weighted by Crippen LogP contribution is -1.93. The van der Waals surface area contributed by atoms with Gasteiger partial charge < -0.3 is 5.11 Å². The van der Waals surface area contributed by atoms with Crippen LogP contribution in [0.25, 0.3) is 6.08 Å². The minimum absolute atomic E-state index is 0.0381. The van der Waals surface area contributed by atoms with Crippen molar-refractivity contribution in [1.82, 2.24) is 0 Å². The molecule has 0 aliphatic heterocycles. The highest BCUT2D eigenvalue weighted by Crippen LogP contribution is 2.10. The van der Waals surface area contributed by atoms with Crippen LogP contribution in [0, 0.1) is 0 Å². The van der Waals surface area contributed by atoms with E-state index >= 15 is 0 Å². The van der Waals surface area contributed by atoms with Crippen molar-refractivity contribution in [3.63, 3.8) is 0 Å². The second kappa shape index (κ2) is 4.62. The van der Waals surface area contributed by atoms with E-state index in [-0.39, 0.29) is 4.91 Å². The molecule has 0 saturated heterocycles. The monoisotopic (exact) mass is 208 g/mol. The van der Waals surface area contributed by atoms with Crippen LogP contribution < -0.4 is 0 Å². The largest absolute Gasteiger partial charge is 0.477 e. The predicted molar refractivity (Wildman–Crippen MR) is 56.4 cm³/mol. The summed E-state index contributed by atoms with van der Waals surface area (Å²) in [4.78, 5) is 20.7. The molecule has 3 nitrogen and oxygen atoms in total. The molecule has 0 heterocycles. The van der Waals surface area contributed by atoms with Crippen LogP contribution in [0.3, 0.4) is 0 Å². The molecule has 0 unspecified atom stereocenters. The maximum absolute atomic E-state index is 10.4. The highest BCUT2D eigenvalue weighted by atomic mass is 32.1. The molecule has 0 aliphatic rings. The van der Waals surface area contributed by atoms with E-state index in [1.54, 1.807) is 24.3 Å². The topological polar surface area (TPSA) is 54.4 Å². The molecule has 1 aromatic carbocycles. The first-order valence-corrected chi connectivity index (χ1v) is 4.27. The molecule has 0 amide bonds. The molecule has 0 radical (unpaired) electrons. The third-order valence-corrected chi connectivity index (χ3v) is 1.92. The number of carbonyl (C=O) groups is 2. The second-order valence-corrected chi connectivity index (χ2v) is 3.10. The van der Waals surface area contributed by atoms with Crippen molar-refractivity contribution >= 4 is 31.0 Å². The Balaban J connectivity index is 2.93. The van der Waals surface area contributed by atoms with Gasteiger partial charge in [0.1, 0.15) is 6.29 Å². The highest BCUT2D eigenvalue weighted by molar-refractivity contribution is 7.85. The molecule has 14 heavy (non-hydrogen) atoms. The van der Waals surface area contributed by atoms with Crippen molar-refractivity contribution in [2.75, 3.05) is 0 Å². The van der Waals surface area contributed by atoms with Crippen LogP contribution in [0.4, 0.5) is 0 Å². The first kappa shape index (κ1) is 10.5. The molecule has 4 heteroatoms. The van der Waals surface area contributed by atoms with Crippen LogP contribution >= 0.6 is 12.6 Å². The predicted octanol–water partition coefficient (Wildman–Crippen LogP) is 1.85. The van der Waals surface area contributed by atoms with E-state index in [4.69, 9.17) is 5.11 Å². The van der Waals surface area contributed by atoms with Crippen LogP contribution in [0.5, 0.6) is 0 Å². The van der Waals surface area contributed by atoms with Gasteiger partial charge in [0.15, 0.2) is 0 Å². The van der Waals surface area contributed by atoms with Crippen LogP contribution in [-0.4, -0.2) is 17.4 Å². The Labute approximate surface area is 86.5 Å². The number of carboxylic acids is 1. The lowest BCUT2D eigenvalue weighted by molar-refractivity contribution is -0.131. The van der Waals surface area contributed by atoms with E-state index in [0.717, 1.165) is 6.29 Å². The van der Waals surface area contributed by atoms with Gasteiger partial charge in [0.05, 0.1) is 4.91 Å². The number of carboxylic acid groups (broad SMARTS) is 1. The number of aliphatic carboxylic acids is 1. The van der Waals surface area contributed by atoms with E-state index in [2.05, 4.69) is 12.6 Å². The van der Waals surface area contributed by atoms with Gasteiger partial charge in [0.25, 0.3) is 0 Å². The lowest BCUT2D eigenvalue weighted by Gasteiger charge is -1.95. The molecular formula is C10H8O3S. The number of aldehydes is 1. The normalized spacial score (nSPS) is 11.1. The first-order chi connectivity index (χ1) is 6.63. The van der Waals surface area contributed by atoms with Crippen molar-refractivity contribution < 1.29 is 14.7 Å². The first-order valence-electron chi connectivity index (χ1n) is 3.82. The van der Waals surface area contributed by atoms with Gasteiger partial charge in [-0.15, -0.1) is 12.6 Å². The van der Waals surface area contributed by atoms with Crippen LogP contribution in [0.15, 0.2) is 29.2 Å². The fourth-order valence-corrected chi connectivity index (χ4v) is 1.04. The van der Waals surface area contributed by atoms with E-state index in [1.807, 2.05) is 0 Å². The van der Waals surface area contributed by atoms with Gasteiger partial charge in [0, 0.05) is 5.56 Å². The minimum Gasteiger partial charge on any atom is -0.477 e. The van der Waals surface area contributed by atoms with Gasteiger partial charge in [-0.25, -0.2) is 4.79 Å². The number of rotatable bonds is 3. The Kier molecular flexibility index (Phi) is 3.48. The number of benzene rings is 1. The summed E-state index contributed by atoms with van der Waals surface area (Å²) in [5, 5.41) is 8.54. The van der Waals surface area contributed by atoms with Crippen LogP contribution in [0.2, 0.25) is 0 Å². The number of thiol groups is 1. The van der Waals surface area contributed by atoms with Crippen LogP contribution in [0.1, 0.15) is 15.9 Å². The van der Waals surface area contributed by atoms with Crippen molar-refractivity contribution in [2.45, 2.75) is 0 Å². The molecule has 0 spiro atoms. The summed E-state index contributed by atoms with van der Waals surface area (Å²) in [6, 6.07) is 6.54. The van der Waals surface area contributed by atoms with Crippen molar-refractivity contribution in [3.8, 4) is 0 Å². The summed E-state index contributed by atoms with van der Waals surface area (Å²) < 4.78 is 0. The fourth-order valence-electron chi connectivity index (χ4n) is 0.890. The Bertz CT molecular complexity index is 379. The van der Waals surface area contributed by atoms with Gasteiger partial charge >= 0.3 is 5.97 Å². The van der Waals surface area contributed by atoms with E-state index < -0.39 is 5.97 Å². The molecule has 1 rings (SSSR count). The van der Waals surface area contributed by atoms with Crippen molar-refractivity contribution in [3.05, 3.63) is 40.3 Å². The summed E-state index contributed by atoms with van der Waals surface area (Å²) in [6.45, 7) is 0. The standard InChI is InChI=1S/C10H8O3S/c11-6-8-3-1-7(2-4-8)5-9(14)10(12)13/h1-6,14H,(H,12,13)/b9-5-. The molecular weight excluding hydrogens is 200 g/mol. The zero-order valence-corrected chi connectivity index (χ0v) is 8.07. The van der Waals surface area contributed by atoms with Gasteiger partial charge in [-0.05, 0) is 11.6 Å². The van der Waals surface area contributed by atoms with E-state index in [0.29, 0.717) is 11.1 Å². The number of hydrogen-bond acceptors (Lipinski definition) is 3. The molecule has 0 aliphatic carbocycles. The van der Waals surface area contributed by atoms with Gasteiger partial charge in [-0.2, -0.15) is 0 Å². The Morgan fingerprint density at radius 1 is 1.21 bits per heavy atom. The minimum atomic E-state index is -1.08. The Morgan fingerprint density at radius 3 is 2.14 bits per heavy atom. The lowest BCUT2D eigenvalue weighted by atomic mass is 10.1. The van der Waals surface area contributed by atoms with Crippen molar-refractivity contribution in [2.24, 2.45) is 0 Å². The Hall–Kier alpha value is -1.55. The maximum atomic E-state index is 10.4. The zero-order valence-electron chi connectivity index (χ0n) is 7.18. The van der Waals surface area contributed by atoms with Crippen LogP contribution in [-0.2, 0) is 4.79 Å². The second-order valence-electron chi connectivity index (χ2n) is 2.62. The molecule has 0 atom stereocenters. The van der Waals surface area contributed by atoms with E-state index in [9.17, 15) is 9.59 Å². The van der Waals surface area contributed by atoms with Gasteiger partial charge in [0.2, 0.25) is 0 Å².